The molecule has 6 heteroatoms. The monoisotopic (exact) mass is 244 g/mol. The Morgan fingerprint density at radius 2 is 2.14 bits per heavy atom. The quantitative estimate of drug-likeness (QED) is 0.764. The highest BCUT2D eigenvalue weighted by Gasteiger charge is 2.22. The number of nitrogens with zero attached hydrogens (tertiary/aromatic N) is 1. The maximum atomic E-state index is 10.5. The lowest BCUT2D eigenvalue weighted by molar-refractivity contribution is -0.139. The van der Waals surface area contributed by atoms with Crippen LogP contribution in [-0.4, -0.2) is 48.2 Å². The molecule has 2 N–H and O–H groups in total. The number of likely N-dealkylation sites (tertiary alicyclic amines) is 1. The fourth-order valence-corrected chi connectivity index (χ4v) is 1.50. The Kier molecular flexibility index (Phi) is 8.54. The lowest BCUT2D eigenvalue weighted by atomic mass is 10.2. The number of carbonyl (C=O) groups is 1. The number of halogens is 2. The minimum absolute atomic E-state index is 0. The van der Waals surface area contributed by atoms with Gasteiger partial charge in [0.25, 0.3) is 0 Å². The van der Waals surface area contributed by atoms with Gasteiger partial charge in [-0.05, 0) is 26.9 Å². The first-order chi connectivity index (χ1) is 5.59. The average molecular weight is 245 g/mol. The van der Waals surface area contributed by atoms with Crippen LogP contribution >= 0.6 is 24.8 Å². The zero-order valence-corrected chi connectivity index (χ0v) is 10.0. The summed E-state index contributed by atoms with van der Waals surface area (Å²) in [6, 6.07) is -0.0809. The van der Waals surface area contributed by atoms with Crippen molar-refractivity contribution in [3.05, 3.63) is 0 Å². The third-order valence-electron chi connectivity index (χ3n) is 2.25. The number of hydrogen-bond acceptors (Lipinski definition) is 3. The van der Waals surface area contributed by atoms with Gasteiger partial charge >= 0.3 is 5.97 Å². The van der Waals surface area contributed by atoms with Crippen LogP contribution in [0.1, 0.15) is 13.3 Å². The second-order valence-electron chi connectivity index (χ2n) is 3.47. The van der Waals surface area contributed by atoms with Gasteiger partial charge in [0.2, 0.25) is 0 Å². The summed E-state index contributed by atoms with van der Waals surface area (Å²) in [6.45, 7) is 3.70. The molecule has 1 heterocycles. The van der Waals surface area contributed by atoms with Crippen molar-refractivity contribution in [2.45, 2.75) is 25.4 Å². The van der Waals surface area contributed by atoms with E-state index in [0.29, 0.717) is 6.04 Å². The number of rotatable bonds is 3. The topological polar surface area (TPSA) is 52.6 Å². The Morgan fingerprint density at radius 1 is 1.57 bits per heavy atom. The van der Waals surface area contributed by atoms with E-state index in [9.17, 15) is 4.79 Å². The molecule has 86 valence electrons. The molecule has 0 unspecified atom stereocenters. The maximum absolute atomic E-state index is 10.5. The molecular formula is C8H18Cl2N2O2. The van der Waals surface area contributed by atoms with Gasteiger partial charge in [0.05, 0.1) is 0 Å². The Morgan fingerprint density at radius 3 is 2.50 bits per heavy atom. The highest BCUT2D eigenvalue weighted by Crippen LogP contribution is 2.06. The van der Waals surface area contributed by atoms with Gasteiger partial charge in [0.1, 0.15) is 6.04 Å². The molecule has 1 aliphatic heterocycles. The third-order valence-corrected chi connectivity index (χ3v) is 2.25. The number of hydrogen-bond donors (Lipinski definition) is 2. The second-order valence-corrected chi connectivity index (χ2v) is 3.47. The molecule has 0 aromatic rings. The van der Waals surface area contributed by atoms with Gasteiger partial charge in [-0.15, -0.1) is 24.8 Å². The van der Waals surface area contributed by atoms with Crippen LogP contribution < -0.4 is 5.32 Å². The molecule has 0 bridgehead atoms. The van der Waals surface area contributed by atoms with E-state index >= 15 is 0 Å². The van der Waals surface area contributed by atoms with Crippen LogP contribution in [0, 0.1) is 0 Å². The molecule has 0 aliphatic carbocycles. The summed E-state index contributed by atoms with van der Waals surface area (Å²) in [4.78, 5) is 12.7. The molecule has 14 heavy (non-hydrogen) atoms. The normalized spacial score (nSPS) is 23.4. The summed E-state index contributed by atoms with van der Waals surface area (Å²) < 4.78 is 0. The van der Waals surface area contributed by atoms with E-state index in [0.717, 1.165) is 19.5 Å². The van der Waals surface area contributed by atoms with Crippen molar-refractivity contribution in [1.82, 2.24) is 10.2 Å². The number of carboxylic acids is 1. The summed E-state index contributed by atoms with van der Waals surface area (Å²) in [5.74, 6) is -0.774. The largest absolute Gasteiger partial charge is 0.480 e. The van der Waals surface area contributed by atoms with Crippen molar-refractivity contribution >= 4 is 30.8 Å². The van der Waals surface area contributed by atoms with Crippen LogP contribution in [-0.2, 0) is 4.79 Å². The maximum Gasteiger partial charge on any atom is 0.320 e. The summed E-state index contributed by atoms with van der Waals surface area (Å²) >= 11 is 0. The fraction of sp³-hybridized carbons (Fsp3) is 0.875. The molecule has 1 saturated heterocycles. The van der Waals surface area contributed by atoms with Gasteiger partial charge in [0, 0.05) is 12.6 Å². The van der Waals surface area contributed by atoms with Crippen molar-refractivity contribution in [2.75, 3.05) is 20.1 Å². The van der Waals surface area contributed by atoms with Gasteiger partial charge in [-0.1, -0.05) is 0 Å². The minimum atomic E-state index is -0.774. The van der Waals surface area contributed by atoms with Crippen LogP contribution in [0.4, 0.5) is 0 Å². The molecule has 0 aromatic heterocycles. The summed E-state index contributed by atoms with van der Waals surface area (Å²) in [5.41, 5.74) is 0. The number of carboxylic acid groups (broad SMARTS) is 1. The molecule has 0 saturated carbocycles. The lowest BCUT2D eigenvalue weighted by Crippen LogP contribution is -2.42. The van der Waals surface area contributed by atoms with E-state index in [2.05, 4.69) is 10.2 Å². The van der Waals surface area contributed by atoms with Crippen LogP contribution in [0.15, 0.2) is 0 Å². The highest BCUT2D eigenvalue weighted by atomic mass is 35.5. The van der Waals surface area contributed by atoms with Crippen LogP contribution in [0.2, 0.25) is 0 Å². The third kappa shape index (κ3) is 5.00. The van der Waals surface area contributed by atoms with Crippen molar-refractivity contribution in [1.29, 1.82) is 0 Å². The Balaban J connectivity index is 0. The predicted octanol–water partition coefficient (Wildman–Crippen LogP) is 0.597. The van der Waals surface area contributed by atoms with Crippen molar-refractivity contribution in [3.63, 3.8) is 0 Å². The number of aliphatic carboxylic acids is 1. The minimum Gasteiger partial charge on any atom is -0.480 e. The van der Waals surface area contributed by atoms with Gasteiger partial charge in [-0.25, -0.2) is 0 Å². The highest BCUT2D eigenvalue weighted by molar-refractivity contribution is 5.85. The van der Waals surface area contributed by atoms with Crippen LogP contribution in [0.3, 0.4) is 0 Å². The Bertz CT molecular complexity index is 181. The Labute approximate surface area is 96.9 Å². The van der Waals surface area contributed by atoms with Gasteiger partial charge in [-0.3, -0.25) is 4.79 Å². The molecule has 1 rings (SSSR count). The van der Waals surface area contributed by atoms with E-state index < -0.39 is 12.0 Å². The number of likely N-dealkylation sites (N-methyl/N-ethyl adjacent to an activating group) is 1. The van der Waals surface area contributed by atoms with Gasteiger partial charge in [0.15, 0.2) is 0 Å². The van der Waals surface area contributed by atoms with Crippen LogP contribution in [0.25, 0.3) is 0 Å². The number of nitrogens with one attached hydrogen (secondary N) is 1. The molecule has 0 spiro atoms. The predicted molar refractivity (Wildman–Crippen MR) is 60.6 cm³/mol. The SMILES string of the molecule is C[C@H](N[C@@H]1CCN(C)C1)C(=O)O.Cl.Cl. The van der Waals surface area contributed by atoms with Crippen molar-refractivity contribution < 1.29 is 9.90 Å². The Hall–Kier alpha value is -0.0300. The van der Waals surface area contributed by atoms with E-state index in [-0.39, 0.29) is 24.8 Å². The molecule has 2 atom stereocenters. The molecule has 4 nitrogen and oxygen atoms in total. The van der Waals surface area contributed by atoms with Gasteiger partial charge in [-0.2, -0.15) is 0 Å². The molecule has 1 fully saturated rings. The summed E-state index contributed by atoms with van der Waals surface area (Å²) in [7, 11) is 2.05. The van der Waals surface area contributed by atoms with Crippen molar-refractivity contribution in [3.8, 4) is 0 Å². The van der Waals surface area contributed by atoms with Gasteiger partial charge < -0.3 is 15.3 Å². The van der Waals surface area contributed by atoms with E-state index in [1.165, 1.54) is 0 Å². The van der Waals surface area contributed by atoms with E-state index in [4.69, 9.17) is 5.11 Å². The second kappa shape index (κ2) is 7.29. The molecule has 0 amide bonds. The molecule has 0 aromatic carbocycles. The average Bonchev–Trinajstić information content (AvgIpc) is 2.35. The zero-order valence-electron chi connectivity index (χ0n) is 8.40. The fourth-order valence-electron chi connectivity index (χ4n) is 1.50. The zero-order chi connectivity index (χ0) is 9.14. The lowest BCUT2D eigenvalue weighted by Gasteiger charge is -2.15. The molecule has 0 radical (unpaired) electrons. The van der Waals surface area contributed by atoms with Crippen molar-refractivity contribution in [2.24, 2.45) is 0 Å². The van der Waals surface area contributed by atoms with E-state index in [1.807, 2.05) is 7.05 Å². The summed E-state index contributed by atoms with van der Waals surface area (Å²) in [5, 5.41) is 11.7. The smallest absolute Gasteiger partial charge is 0.320 e. The summed E-state index contributed by atoms with van der Waals surface area (Å²) in [6.07, 6.45) is 1.05. The molecule has 1 aliphatic rings. The molecular weight excluding hydrogens is 227 g/mol. The van der Waals surface area contributed by atoms with E-state index in [1.54, 1.807) is 6.92 Å². The first kappa shape index (κ1) is 16.4. The first-order valence-corrected chi connectivity index (χ1v) is 4.27. The van der Waals surface area contributed by atoms with Crippen LogP contribution in [0.5, 0.6) is 0 Å². The standard InChI is InChI=1S/C8H16N2O2.2ClH/c1-6(8(11)12)9-7-3-4-10(2)5-7;;/h6-7,9H,3-5H2,1-2H3,(H,11,12);2*1H/t6-,7+;;/m0../s1. The first-order valence-electron chi connectivity index (χ1n) is 4.27.